The van der Waals surface area contributed by atoms with Crippen molar-refractivity contribution in [3.8, 4) is 0 Å². The average Bonchev–Trinajstić information content (AvgIpc) is 3.13. The summed E-state index contributed by atoms with van der Waals surface area (Å²) in [7, 11) is 0. The van der Waals surface area contributed by atoms with Gasteiger partial charge >= 0.3 is 0 Å². The monoisotopic (exact) mass is 408 g/mol. The Morgan fingerprint density at radius 1 is 1.25 bits per heavy atom. The number of hydrogen-bond donors (Lipinski definition) is 5. The highest BCUT2D eigenvalue weighted by atomic mass is 35.5. The van der Waals surface area contributed by atoms with Gasteiger partial charge in [0.05, 0.1) is 17.7 Å². The molecule has 5 N–H and O–H groups in total. The Morgan fingerprint density at radius 3 is 2.79 bits per heavy atom. The molecule has 1 aromatic carbocycles. The zero-order valence-corrected chi connectivity index (χ0v) is 15.6. The minimum atomic E-state index is -1.58. The summed E-state index contributed by atoms with van der Waals surface area (Å²) in [4.78, 5) is 17.8. The van der Waals surface area contributed by atoms with E-state index in [0.29, 0.717) is 27.9 Å². The second-order valence-electron chi connectivity index (χ2n) is 7.16. The summed E-state index contributed by atoms with van der Waals surface area (Å²) >= 11 is 6.12. The lowest BCUT2D eigenvalue weighted by Gasteiger charge is -2.40. The van der Waals surface area contributed by atoms with Crippen molar-refractivity contribution in [3.05, 3.63) is 40.0 Å². The van der Waals surface area contributed by atoms with Gasteiger partial charge in [-0.2, -0.15) is 0 Å². The number of aliphatic hydroxyl groups excluding tert-OH is 4. The van der Waals surface area contributed by atoms with E-state index in [1.165, 1.54) is 0 Å². The third-order valence-electron chi connectivity index (χ3n) is 5.40. The van der Waals surface area contributed by atoms with Crippen molar-refractivity contribution in [1.29, 1.82) is 0 Å². The zero-order valence-electron chi connectivity index (χ0n) is 14.9. The molecular formula is C19H21ClN2O6. The zero-order chi connectivity index (χ0) is 20.0. The van der Waals surface area contributed by atoms with E-state index in [1.54, 1.807) is 18.2 Å². The van der Waals surface area contributed by atoms with Gasteiger partial charge in [0.25, 0.3) is 5.91 Å². The van der Waals surface area contributed by atoms with E-state index >= 15 is 0 Å². The minimum absolute atomic E-state index is 0.401. The fourth-order valence-corrected chi connectivity index (χ4v) is 4.14. The number of nitrogens with zero attached hydrogens (tertiary/aromatic N) is 1. The number of amides is 1. The summed E-state index contributed by atoms with van der Waals surface area (Å²) in [6, 6.07) is 3.85. The minimum Gasteiger partial charge on any atom is -0.394 e. The molecule has 0 radical (unpaired) electrons. The second-order valence-corrected chi connectivity index (χ2v) is 7.59. The predicted molar refractivity (Wildman–Crippen MR) is 100 cm³/mol. The smallest absolute Gasteiger partial charge is 0.252 e. The number of halogens is 1. The molecule has 2 aromatic rings. The molecule has 0 bridgehead atoms. The Labute approximate surface area is 165 Å². The lowest BCUT2D eigenvalue weighted by Crippen LogP contribution is -2.64. The summed E-state index contributed by atoms with van der Waals surface area (Å²) in [5.41, 5.74) is 2.71. The fraction of sp³-hybridized carbons (Fsp3) is 0.474. The molecule has 0 spiro atoms. The number of pyridine rings is 1. The Morgan fingerprint density at radius 2 is 2.04 bits per heavy atom. The van der Waals surface area contributed by atoms with Gasteiger partial charge in [-0.3, -0.25) is 9.78 Å². The van der Waals surface area contributed by atoms with Crippen LogP contribution in [0.25, 0.3) is 10.9 Å². The van der Waals surface area contributed by atoms with Gasteiger partial charge in [0.15, 0.2) is 6.29 Å². The number of ether oxygens (including phenoxy) is 1. The Hall–Kier alpha value is -1.81. The van der Waals surface area contributed by atoms with Crippen LogP contribution in [0.1, 0.15) is 28.0 Å². The number of hydrogen-bond acceptors (Lipinski definition) is 7. The molecule has 1 fully saturated rings. The normalized spacial score (nSPS) is 29.7. The van der Waals surface area contributed by atoms with Gasteiger partial charge in [-0.05, 0) is 43.0 Å². The summed E-state index contributed by atoms with van der Waals surface area (Å²) in [5, 5.41) is 43.3. The number of aliphatic hydroxyl groups is 4. The molecule has 2 aliphatic rings. The highest BCUT2D eigenvalue weighted by molar-refractivity contribution is 6.31. The van der Waals surface area contributed by atoms with E-state index in [1.807, 2.05) is 0 Å². The number of fused-ring (bicyclic) bond motifs is 2. The molecule has 9 heteroatoms. The van der Waals surface area contributed by atoms with Gasteiger partial charge in [-0.1, -0.05) is 11.6 Å². The number of carbonyl (C=O) groups excluding carboxylic acids is 1. The third kappa shape index (κ3) is 3.26. The van der Waals surface area contributed by atoms with E-state index in [4.69, 9.17) is 16.3 Å². The first kappa shape index (κ1) is 19.5. The van der Waals surface area contributed by atoms with Crippen molar-refractivity contribution < 1.29 is 30.0 Å². The molecule has 28 heavy (non-hydrogen) atoms. The number of benzene rings is 1. The molecule has 150 valence electrons. The molecule has 1 aliphatic heterocycles. The number of nitrogens with one attached hydrogen (secondary N) is 1. The molecule has 0 saturated carbocycles. The largest absolute Gasteiger partial charge is 0.394 e. The standard InChI is InChI=1S/C19H21ClN2O6/c20-8-4-5-12-10(6-8)14(9-2-1-3-11(9)21-12)18(26)22-15-17(25)16(24)13(7-23)28-19(15)27/h4-6,13,15-17,19,23-25,27H,1-3,7H2,(H,22,26)/t13-,15?,16?,17-,19?/m1/s1. The Balaban J connectivity index is 1.71. The highest BCUT2D eigenvalue weighted by Gasteiger charge is 2.44. The molecule has 5 atom stereocenters. The summed E-state index contributed by atoms with van der Waals surface area (Å²) < 4.78 is 5.11. The van der Waals surface area contributed by atoms with Crippen molar-refractivity contribution >= 4 is 28.4 Å². The molecule has 4 rings (SSSR count). The van der Waals surface area contributed by atoms with E-state index in [2.05, 4.69) is 10.3 Å². The van der Waals surface area contributed by atoms with Crippen LogP contribution in [0.3, 0.4) is 0 Å². The summed E-state index contributed by atoms with van der Waals surface area (Å²) in [5.74, 6) is -0.519. The Bertz CT molecular complexity index is 923. The maximum absolute atomic E-state index is 13.2. The van der Waals surface area contributed by atoms with Gasteiger partial charge in [-0.15, -0.1) is 0 Å². The van der Waals surface area contributed by atoms with Crippen molar-refractivity contribution in [3.63, 3.8) is 0 Å². The molecule has 8 nitrogen and oxygen atoms in total. The average molecular weight is 409 g/mol. The first-order valence-electron chi connectivity index (χ1n) is 9.13. The van der Waals surface area contributed by atoms with Crippen LogP contribution < -0.4 is 5.32 Å². The van der Waals surface area contributed by atoms with Gasteiger partial charge < -0.3 is 30.5 Å². The molecule has 1 saturated heterocycles. The molecule has 2 heterocycles. The SMILES string of the molecule is O=C(NC1C(O)O[C@H](CO)C(O)[C@@H]1O)c1c2c(nc3ccc(Cl)cc13)CCC2. The molecule has 1 amide bonds. The quantitative estimate of drug-likeness (QED) is 0.479. The molecule has 3 unspecified atom stereocenters. The van der Waals surface area contributed by atoms with Gasteiger partial charge in [0.2, 0.25) is 0 Å². The molecule has 1 aromatic heterocycles. The predicted octanol–water partition coefficient (Wildman–Crippen LogP) is -0.0934. The first-order chi connectivity index (χ1) is 13.4. The Kier molecular flexibility index (Phi) is 5.26. The first-order valence-corrected chi connectivity index (χ1v) is 9.51. The van der Waals surface area contributed by atoms with E-state index in [0.717, 1.165) is 24.1 Å². The van der Waals surface area contributed by atoms with Crippen LogP contribution in [0.2, 0.25) is 5.02 Å². The second kappa shape index (κ2) is 7.55. The number of carbonyl (C=O) groups is 1. The van der Waals surface area contributed by atoms with Crippen molar-refractivity contribution in [2.45, 2.75) is 49.9 Å². The highest BCUT2D eigenvalue weighted by Crippen LogP contribution is 2.32. The van der Waals surface area contributed by atoms with Crippen LogP contribution in [0.15, 0.2) is 18.2 Å². The lowest BCUT2D eigenvalue weighted by atomic mass is 9.95. The topological polar surface area (TPSA) is 132 Å². The molecular weight excluding hydrogens is 388 g/mol. The number of aromatic nitrogens is 1. The number of rotatable bonds is 3. The molecule has 1 aliphatic carbocycles. The van der Waals surface area contributed by atoms with Crippen LogP contribution in [0.5, 0.6) is 0 Å². The summed E-state index contributed by atoms with van der Waals surface area (Å²) in [6.07, 6.45) is -3.34. The number of aryl methyl sites for hydroxylation is 1. The van der Waals surface area contributed by atoms with Gasteiger partial charge in [0.1, 0.15) is 24.4 Å². The fourth-order valence-electron chi connectivity index (χ4n) is 3.97. The van der Waals surface area contributed by atoms with Gasteiger partial charge in [-0.25, -0.2) is 0 Å². The van der Waals surface area contributed by atoms with Crippen LogP contribution >= 0.6 is 11.6 Å². The van der Waals surface area contributed by atoms with Gasteiger partial charge in [0, 0.05) is 16.1 Å². The van der Waals surface area contributed by atoms with Crippen LogP contribution in [-0.2, 0) is 17.6 Å². The van der Waals surface area contributed by atoms with Crippen molar-refractivity contribution in [2.75, 3.05) is 6.61 Å². The van der Waals surface area contributed by atoms with E-state index in [-0.39, 0.29) is 0 Å². The lowest BCUT2D eigenvalue weighted by molar-refractivity contribution is -0.252. The van der Waals surface area contributed by atoms with Crippen molar-refractivity contribution in [1.82, 2.24) is 10.3 Å². The van der Waals surface area contributed by atoms with Crippen LogP contribution in [0.4, 0.5) is 0 Å². The third-order valence-corrected chi connectivity index (χ3v) is 5.63. The van der Waals surface area contributed by atoms with E-state index < -0.39 is 43.2 Å². The van der Waals surface area contributed by atoms with Crippen LogP contribution in [0, 0.1) is 0 Å². The van der Waals surface area contributed by atoms with E-state index in [9.17, 15) is 25.2 Å². The van der Waals surface area contributed by atoms with Crippen LogP contribution in [-0.4, -0.2) is 68.6 Å². The summed E-state index contributed by atoms with van der Waals surface area (Å²) in [6.45, 7) is -0.572. The maximum Gasteiger partial charge on any atom is 0.252 e. The maximum atomic E-state index is 13.2. The van der Waals surface area contributed by atoms with Crippen molar-refractivity contribution in [2.24, 2.45) is 0 Å².